The van der Waals surface area contributed by atoms with Gasteiger partial charge in [0.05, 0.1) is 0 Å². The molecule has 1 aliphatic carbocycles. The van der Waals surface area contributed by atoms with Gasteiger partial charge in [-0.1, -0.05) is 25.0 Å². The quantitative estimate of drug-likeness (QED) is 0.615. The summed E-state index contributed by atoms with van der Waals surface area (Å²) in [5.74, 6) is 0.413. The Morgan fingerprint density at radius 2 is 2.06 bits per heavy atom. The van der Waals surface area contributed by atoms with Gasteiger partial charge in [0.2, 0.25) is 0 Å². The molecular formula is C13H16O3. The molecule has 0 bridgehead atoms. The van der Waals surface area contributed by atoms with Gasteiger partial charge in [0.1, 0.15) is 0 Å². The highest BCUT2D eigenvalue weighted by atomic mass is 16.5. The van der Waals surface area contributed by atoms with Gasteiger partial charge in [-0.2, -0.15) is 0 Å². The van der Waals surface area contributed by atoms with Crippen LogP contribution < -0.4 is 4.74 Å². The number of para-hydroxylation sites is 1. The minimum absolute atomic E-state index is 0.129. The first kappa shape index (κ1) is 11.0. The van der Waals surface area contributed by atoms with Gasteiger partial charge in [-0.25, -0.2) is 0 Å². The van der Waals surface area contributed by atoms with Crippen LogP contribution in [0.5, 0.6) is 11.5 Å². The van der Waals surface area contributed by atoms with Crippen molar-refractivity contribution in [3.63, 3.8) is 0 Å². The summed E-state index contributed by atoms with van der Waals surface area (Å²) in [5, 5.41) is 10.0. The first-order valence-corrected chi connectivity index (χ1v) is 5.69. The van der Waals surface area contributed by atoms with Gasteiger partial charge in [-0.05, 0) is 24.8 Å². The summed E-state index contributed by atoms with van der Waals surface area (Å²) >= 11 is 0. The summed E-state index contributed by atoms with van der Waals surface area (Å²) in [5.41, 5.74) is 0.913. The zero-order valence-corrected chi connectivity index (χ0v) is 9.40. The van der Waals surface area contributed by atoms with E-state index in [2.05, 4.69) is 0 Å². The summed E-state index contributed by atoms with van der Waals surface area (Å²) in [6.07, 6.45) is 4.64. The number of ether oxygens (including phenoxy) is 1. The Kier molecular flexibility index (Phi) is 3.13. The third kappa shape index (κ3) is 2.18. The number of phenolic OH excluding ortho intramolecular Hbond substituents is 1. The van der Waals surface area contributed by atoms with Crippen LogP contribution in [0.25, 0.3) is 0 Å². The predicted octanol–water partition coefficient (Wildman–Crippen LogP) is 2.98. The second-order valence-corrected chi connectivity index (χ2v) is 4.27. The van der Waals surface area contributed by atoms with E-state index in [1.54, 1.807) is 6.07 Å². The molecule has 0 atom stereocenters. The molecule has 1 N–H and O–H groups in total. The fraction of sp³-hybridized carbons (Fsp3) is 0.462. The van der Waals surface area contributed by atoms with Crippen LogP contribution in [0, 0.1) is 0 Å². The molecule has 0 aliphatic heterocycles. The second kappa shape index (κ2) is 4.56. The molecule has 3 heteroatoms. The number of hydrogen-bond acceptors (Lipinski definition) is 3. The molecule has 1 fully saturated rings. The van der Waals surface area contributed by atoms with Gasteiger partial charge in [0.25, 0.3) is 0 Å². The van der Waals surface area contributed by atoms with Crippen LogP contribution in [0.4, 0.5) is 0 Å². The van der Waals surface area contributed by atoms with Crippen molar-refractivity contribution in [3.8, 4) is 11.5 Å². The van der Waals surface area contributed by atoms with E-state index in [1.807, 2.05) is 12.1 Å². The summed E-state index contributed by atoms with van der Waals surface area (Å²) in [4.78, 5) is 10.9. The smallest absolute Gasteiger partial charge is 0.308 e. The van der Waals surface area contributed by atoms with Crippen LogP contribution in [0.3, 0.4) is 0 Å². The maximum absolute atomic E-state index is 10.9. The average molecular weight is 220 g/mol. The Hall–Kier alpha value is -1.51. The molecule has 0 saturated heterocycles. The van der Waals surface area contributed by atoms with E-state index in [0.717, 1.165) is 18.4 Å². The van der Waals surface area contributed by atoms with Crippen LogP contribution in [-0.2, 0) is 4.79 Å². The number of benzene rings is 1. The van der Waals surface area contributed by atoms with E-state index in [1.165, 1.54) is 19.8 Å². The monoisotopic (exact) mass is 220 g/mol. The van der Waals surface area contributed by atoms with Crippen molar-refractivity contribution in [1.82, 2.24) is 0 Å². The molecular weight excluding hydrogens is 204 g/mol. The molecule has 0 radical (unpaired) electrons. The molecule has 0 unspecified atom stereocenters. The summed E-state index contributed by atoms with van der Waals surface area (Å²) in [6.45, 7) is 1.34. The molecule has 1 aromatic carbocycles. The van der Waals surface area contributed by atoms with E-state index in [0.29, 0.717) is 5.92 Å². The molecule has 1 saturated carbocycles. The fourth-order valence-electron chi connectivity index (χ4n) is 2.34. The highest BCUT2D eigenvalue weighted by molar-refractivity contribution is 5.70. The van der Waals surface area contributed by atoms with Crippen molar-refractivity contribution in [1.29, 1.82) is 0 Å². The molecule has 86 valence electrons. The molecule has 0 spiro atoms. The van der Waals surface area contributed by atoms with Crippen LogP contribution in [-0.4, -0.2) is 11.1 Å². The largest absolute Gasteiger partial charge is 0.504 e. The summed E-state index contributed by atoms with van der Waals surface area (Å²) in [6, 6.07) is 5.36. The standard InChI is InChI=1S/C13H16O3/c1-9(14)16-12-8-4-7-11(13(12)15)10-5-2-3-6-10/h4,7-8,10,15H,2-3,5-6H2,1H3. The number of hydrogen-bond donors (Lipinski definition) is 1. The van der Waals surface area contributed by atoms with Gasteiger partial charge < -0.3 is 9.84 Å². The maximum Gasteiger partial charge on any atom is 0.308 e. The molecule has 3 nitrogen and oxygen atoms in total. The molecule has 0 aromatic heterocycles. The minimum Gasteiger partial charge on any atom is -0.504 e. The topological polar surface area (TPSA) is 46.5 Å². The van der Waals surface area contributed by atoms with E-state index in [4.69, 9.17) is 4.74 Å². The predicted molar refractivity (Wildman–Crippen MR) is 60.6 cm³/mol. The maximum atomic E-state index is 10.9. The molecule has 0 amide bonds. The lowest BCUT2D eigenvalue weighted by atomic mass is 9.96. The zero-order valence-electron chi connectivity index (χ0n) is 9.40. The highest BCUT2D eigenvalue weighted by Gasteiger charge is 2.21. The number of rotatable bonds is 2. The lowest BCUT2D eigenvalue weighted by Crippen LogP contribution is -2.03. The Balaban J connectivity index is 2.28. The SMILES string of the molecule is CC(=O)Oc1cccc(C2CCCC2)c1O. The van der Waals surface area contributed by atoms with E-state index in [9.17, 15) is 9.90 Å². The number of esters is 1. The third-order valence-electron chi connectivity index (χ3n) is 3.08. The summed E-state index contributed by atoms with van der Waals surface area (Å²) in [7, 11) is 0. The van der Waals surface area contributed by atoms with Gasteiger partial charge >= 0.3 is 5.97 Å². The van der Waals surface area contributed by atoms with E-state index >= 15 is 0 Å². The van der Waals surface area contributed by atoms with Crippen molar-refractivity contribution >= 4 is 5.97 Å². The van der Waals surface area contributed by atoms with Crippen molar-refractivity contribution in [2.75, 3.05) is 0 Å². The molecule has 16 heavy (non-hydrogen) atoms. The first-order valence-electron chi connectivity index (χ1n) is 5.69. The highest BCUT2D eigenvalue weighted by Crippen LogP contribution is 2.41. The molecule has 2 rings (SSSR count). The molecule has 1 aliphatic rings. The Bertz CT molecular complexity index is 392. The van der Waals surface area contributed by atoms with Crippen molar-refractivity contribution in [3.05, 3.63) is 23.8 Å². The van der Waals surface area contributed by atoms with Crippen molar-refractivity contribution in [2.45, 2.75) is 38.5 Å². The number of phenols is 1. The first-order chi connectivity index (χ1) is 7.68. The van der Waals surface area contributed by atoms with Gasteiger partial charge in [0.15, 0.2) is 11.5 Å². The van der Waals surface area contributed by atoms with Gasteiger partial charge in [0, 0.05) is 12.5 Å². The average Bonchev–Trinajstić information content (AvgIpc) is 2.73. The second-order valence-electron chi connectivity index (χ2n) is 4.27. The Morgan fingerprint density at radius 1 is 1.38 bits per heavy atom. The Labute approximate surface area is 95.0 Å². The van der Waals surface area contributed by atoms with E-state index in [-0.39, 0.29) is 11.5 Å². The zero-order chi connectivity index (χ0) is 11.5. The number of aromatic hydroxyl groups is 1. The normalized spacial score (nSPS) is 16.3. The summed E-state index contributed by atoms with van der Waals surface area (Å²) < 4.78 is 4.96. The van der Waals surface area contributed by atoms with Crippen LogP contribution in [0.1, 0.15) is 44.1 Å². The van der Waals surface area contributed by atoms with Crippen LogP contribution in [0.15, 0.2) is 18.2 Å². The number of carbonyl (C=O) groups is 1. The fourth-order valence-corrected chi connectivity index (χ4v) is 2.34. The minimum atomic E-state index is -0.404. The van der Waals surface area contributed by atoms with Gasteiger partial charge in [-0.3, -0.25) is 4.79 Å². The molecule has 1 aromatic rings. The lowest BCUT2D eigenvalue weighted by molar-refractivity contribution is -0.132. The van der Waals surface area contributed by atoms with Gasteiger partial charge in [-0.15, -0.1) is 0 Å². The third-order valence-corrected chi connectivity index (χ3v) is 3.08. The lowest BCUT2D eigenvalue weighted by Gasteiger charge is -2.13. The van der Waals surface area contributed by atoms with Crippen molar-refractivity contribution in [2.24, 2.45) is 0 Å². The number of carbonyl (C=O) groups excluding carboxylic acids is 1. The van der Waals surface area contributed by atoms with E-state index < -0.39 is 5.97 Å². The van der Waals surface area contributed by atoms with Crippen molar-refractivity contribution < 1.29 is 14.6 Å². The van der Waals surface area contributed by atoms with Crippen LogP contribution in [0.2, 0.25) is 0 Å². The molecule has 0 heterocycles. The van der Waals surface area contributed by atoms with Crippen LogP contribution >= 0.6 is 0 Å². The Morgan fingerprint density at radius 3 is 2.69 bits per heavy atom.